The van der Waals surface area contributed by atoms with Gasteiger partial charge in [-0.15, -0.1) is 0 Å². The van der Waals surface area contributed by atoms with Crippen LogP contribution in [0.25, 0.3) is 0 Å². The summed E-state index contributed by atoms with van der Waals surface area (Å²) in [5.41, 5.74) is 6.52. The third-order valence-corrected chi connectivity index (χ3v) is 2.94. The molecule has 7 heteroatoms. The van der Waals surface area contributed by atoms with E-state index in [4.69, 9.17) is 11.0 Å². The van der Waals surface area contributed by atoms with Crippen LogP contribution in [0.15, 0.2) is 30.3 Å². The Hall–Kier alpha value is -1.96. The fourth-order valence-electron chi connectivity index (χ4n) is 1.77. The predicted molar refractivity (Wildman–Crippen MR) is 75.3 cm³/mol. The molecule has 7 nitrogen and oxygen atoms in total. The molecule has 0 aliphatic heterocycles. The van der Waals surface area contributed by atoms with E-state index in [1.807, 2.05) is 30.3 Å². The molecule has 1 rings (SSSR count). The normalized spacial score (nSPS) is 13.3. The van der Waals surface area contributed by atoms with Crippen LogP contribution in [0.2, 0.25) is 0 Å². The Bertz CT molecular complexity index is 452. The monoisotopic (exact) mass is 296 g/mol. The van der Waals surface area contributed by atoms with Crippen molar-refractivity contribution in [3.05, 3.63) is 35.9 Å². The van der Waals surface area contributed by atoms with Gasteiger partial charge in [0.2, 0.25) is 5.91 Å². The van der Waals surface area contributed by atoms with Gasteiger partial charge in [-0.3, -0.25) is 10.1 Å². The van der Waals surface area contributed by atoms with Gasteiger partial charge in [0.15, 0.2) is 0 Å². The van der Waals surface area contributed by atoms with E-state index in [0.29, 0.717) is 6.42 Å². The number of hydrogen-bond acceptors (Lipinski definition) is 6. The van der Waals surface area contributed by atoms with Crippen LogP contribution in [0.4, 0.5) is 0 Å². The number of methoxy groups -OCH3 is 1. The molecule has 21 heavy (non-hydrogen) atoms. The molecule has 1 aromatic carbocycles. The van der Waals surface area contributed by atoms with Crippen LogP contribution in [-0.2, 0) is 25.6 Å². The Labute approximate surface area is 123 Å². The summed E-state index contributed by atoms with van der Waals surface area (Å²) in [6, 6.07) is 7.56. The molecule has 0 saturated carbocycles. The lowest BCUT2D eigenvalue weighted by Crippen LogP contribution is -2.50. The van der Waals surface area contributed by atoms with Crippen LogP contribution in [0.5, 0.6) is 0 Å². The molecule has 0 aromatic heterocycles. The minimum Gasteiger partial charge on any atom is -0.467 e. The summed E-state index contributed by atoms with van der Waals surface area (Å²) in [6.45, 7) is -0.0594. The van der Waals surface area contributed by atoms with E-state index in [0.717, 1.165) is 5.56 Å². The van der Waals surface area contributed by atoms with Crippen molar-refractivity contribution in [2.75, 3.05) is 13.7 Å². The topological polar surface area (TPSA) is 111 Å². The van der Waals surface area contributed by atoms with Gasteiger partial charge in [0, 0.05) is 6.42 Å². The first-order valence-corrected chi connectivity index (χ1v) is 6.52. The van der Waals surface area contributed by atoms with Gasteiger partial charge >= 0.3 is 5.97 Å². The summed E-state index contributed by atoms with van der Waals surface area (Å²) in [4.78, 5) is 27.5. The highest BCUT2D eigenvalue weighted by molar-refractivity contribution is 5.87. The van der Waals surface area contributed by atoms with Gasteiger partial charge in [0.25, 0.3) is 0 Å². The molecule has 0 fully saturated rings. The highest BCUT2D eigenvalue weighted by atomic mass is 17.1. The quantitative estimate of drug-likeness (QED) is 0.356. The van der Waals surface area contributed by atoms with E-state index in [1.165, 1.54) is 7.11 Å². The average Bonchev–Trinajstić information content (AvgIpc) is 2.51. The number of nitrogens with one attached hydrogen (secondary N) is 1. The number of carbonyl (C=O) groups excluding carboxylic acids is 2. The molecule has 0 radical (unpaired) electrons. The summed E-state index contributed by atoms with van der Waals surface area (Å²) >= 11 is 0. The van der Waals surface area contributed by atoms with Gasteiger partial charge in [-0.25, -0.2) is 9.68 Å². The van der Waals surface area contributed by atoms with Gasteiger partial charge in [-0.1, -0.05) is 30.3 Å². The molecule has 0 bridgehead atoms. The van der Waals surface area contributed by atoms with Crippen molar-refractivity contribution in [3.63, 3.8) is 0 Å². The number of ether oxygens (including phenoxy) is 1. The Kier molecular flexibility index (Phi) is 7.38. The third-order valence-electron chi connectivity index (χ3n) is 2.94. The molecule has 2 unspecified atom stereocenters. The highest BCUT2D eigenvalue weighted by Crippen LogP contribution is 2.05. The molecule has 1 aromatic rings. The lowest BCUT2D eigenvalue weighted by molar-refractivity contribution is -0.243. The molecule has 0 spiro atoms. The fourth-order valence-corrected chi connectivity index (χ4v) is 1.77. The Balaban J connectivity index is 2.66. The smallest absolute Gasteiger partial charge is 0.328 e. The van der Waals surface area contributed by atoms with Crippen LogP contribution in [0, 0.1) is 0 Å². The van der Waals surface area contributed by atoms with Crippen molar-refractivity contribution < 1.29 is 24.5 Å². The molecule has 1 amide bonds. The summed E-state index contributed by atoms with van der Waals surface area (Å²) in [7, 11) is 1.26. The third kappa shape index (κ3) is 5.90. The molecule has 0 aliphatic rings. The second kappa shape index (κ2) is 9.06. The summed E-state index contributed by atoms with van der Waals surface area (Å²) < 4.78 is 4.69. The van der Waals surface area contributed by atoms with Crippen molar-refractivity contribution in [3.8, 4) is 0 Å². The van der Waals surface area contributed by atoms with E-state index in [9.17, 15) is 9.59 Å². The first kappa shape index (κ1) is 17.1. The van der Waals surface area contributed by atoms with Crippen LogP contribution in [0.3, 0.4) is 0 Å². The van der Waals surface area contributed by atoms with E-state index >= 15 is 0 Å². The van der Waals surface area contributed by atoms with E-state index < -0.39 is 24.0 Å². The van der Waals surface area contributed by atoms with E-state index in [-0.39, 0.29) is 13.0 Å². The Morgan fingerprint density at radius 3 is 2.57 bits per heavy atom. The van der Waals surface area contributed by atoms with E-state index in [1.54, 1.807) is 0 Å². The molecule has 2 atom stereocenters. The Morgan fingerprint density at radius 2 is 2.00 bits per heavy atom. The Morgan fingerprint density at radius 1 is 1.33 bits per heavy atom. The number of nitrogens with two attached hydrogens (primary N) is 1. The van der Waals surface area contributed by atoms with Gasteiger partial charge in [-0.05, 0) is 12.0 Å². The predicted octanol–water partition coefficient (Wildman–Crippen LogP) is 0.0939. The van der Waals surface area contributed by atoms with Crippen molar-refractivity contribution in [2.45, 2.75) is 24.9 Å². The fraction of sp³-hybridized carbons (Fsp3) is 0.429. The lowest BCUT2D eigenvalue weighted by atomic mass is 10.1. The maximum atomic E-state index is 11.9. The first-order chi connectivity index (χ1) is 10.1. The van der Waals surface area contributed by atoms with Crippen molar-refractivity contribution in [1.29, 1.82) is 0 Å². The van der Waals surface area contributed by atoms with Crippen LogP contribution in [-0.4, -0.2) is 42.9 Å². The number of benzene rings is 1. The molecule has 0 aliphatic carbocycles. The van der Waals surface area contributed by atoms with Crippen molar-refractivity contribution in [1.82, 2.24) is 5.32 Å². The van der Waals surface area contributed by atoms with Crippen LogP contribution in [0.1, 0.15) is 12.0 Å². The van der Waals surface area contributed by atoms with Gasteiger partial charge in [0.05, 0.1) is 19.8 Å². The van der Waals surface area contributed by atoms with Crippen LogP contribution < -0.4 is 11.1 Å². The minimum atomic E-state index is -0.875. The first-order valence-electron chi connectivity index (χ1n) is 6.52. The van der Waals surface area contributed by atoms with Gasteiger partial charge in [-0.2, -0.15) is 0 Å². The average molecular weight is 296 g/mol. The number of carbonyl (C=O) groups is 2. The summed E-state index contributed by atoms with van der Waals surface area (Å²) in [6.07, 6.45) is 0.448. The molecule has 0 heterocycles. The summed E-state index contributed by atoms with van der Waals surface area (Å²) in [5, 5.41) is 10.8. The molecule has 4 N–H and O–H groups in total. The summed E-state index contributed by atoms with van der Waals surface area (Å²) in [5.74, 6) is -1.05. The number of esters is 1. The lowest BCUT2D eigenvalue weighted by Gasteiger charge is -2.19. The zero-order valence-electron chi connectivity index (χ0n) is 11.8. The number of hydrogen-bond donors (Lipinski definition) is 3. The zero-order valence-corrected chi connectivity index (χ0v) is 11.8. The minimum absolute atomic E-state index is 0.0594. The molecule has 116 valence electrons. The van der Waals surface area contributed by atoms with Gasteiger partial charge in [0.1, 0.15) is 6.04 Å². The van der Waals surface area contributed by atoms with Crippen molar-refractivity contribution >= 4 is 11.9 Å². The standard InChI is InChI=1S/C14H20N2O5/c1-20-14(18)12(9-10-5-3-2-4-6-10)16-13(17)11(15)7-8-21-19/h2-6,11-12,19H,7-9,15H2,1H3,(H,16,17). The van der Waals surface area contributed by atoms with Crippen molar-refractivity contribution in [2.24, 2.45) is 5.73 Å². The second-order valence-corrected chi connectivity index (χ2v) is 4.50. The highest BCUT2D eigenvalue weighted by Gasteiger charge is 2.24. The maximum absolute atomic E-state index is 11.9. The van der Waals surface area contributed by atoms with Gasteiger partial charge < -0.3 is 15.8 Å². The zero-order chi connectivity index (χ0) is 15.7. The molecular formula is C14H20N2O5. The van der Waals surface area contributed by atoms with Crippen LogP contribution >= 0.6 is 0 Å². The molecular weight excluding hydrogens is 276 g/mol. The van der Waals surface area contributed by atoms with E-state index in [2.05, 4.69) is 14.9 Å². The second-order valence-electron chi connectivity index (χ2n) is 4.50. The SMILES string of the molecule is COC(=O)C(Cc1ccccc1)NC(=O)C(N)CCOO. The largest absolute Gasteiger partial charge is 0.467 e. The number of rotatable bonds is 8. The maximum Gasteiger partial charge on any atom is 0.328 e. The number of amides is 1. The molecule has 0 saturated heterocycles.